The van der Waals surface area contributed by atoms with Crippen LogP contribution in [-0.2, 0) is 11.3 Å². The topological polar surface area (TPSA) is 53.7 Å². The van der Waals surface area contributed by atoms with E-state index in [0.717, 1.165) is 11.0 Å². The number of imidazole rings is 1. The van der Waals surface area contributed by atoms with Gasteiger partial charge in [-0.2, -0.15) is 5.26 Å². The van der Waals surface area contributed by atoms with Crippen molar-refractivity contribution in [2.75, 3.05) is 7.11 Å². The van der Waals surface area contributed by atoms with Crippen molar-refractivity contribution < 1.29 is 4.74 Å². The first-order valence-electron chi connectivity index (χ1n) is 5.31. The van der Waals surface area contributed by atoms with Gasteiger partial charge in [-0.15, -0.1) is 0 Å². The molecule has 1 aromatic carbocycles. The smallest absolute Gasteiger partial charge is 0.178 e. The second-order valence-electron chi connectivity index (χ2n) is 3.93. The Morgan fingerprint density at radius 3 is 3.00 bits per heavy atom. The molecule has 0 aliphatic rings. The maximum atomic E-state index is 8.90. The molecule has 0 amide bonds. The summed E-state index contributed by atoms with van der Waals surface area (Å²) >= 11 is 5.27. The maximum absolute atomic E-state index is 8.90. The fourth-order valence-corrected chi connectivity index (χ4v) is 2.02. The summed E-state index contributed by atoms with van der Waals surface area (Å²) in [6, 6.07) is 7.62. The van der Waals surface area contributed by atoms with E-state index in [4.69, 9.17) is 22.2 Å². The van der Waals surface area contributed by atoms with Crippen molar-refractivity contribution in [2.24, 2.45) is 0 Å². The van der Waals surface area contributed by atoms with Gasteiger partial charge in [-0.3, -0.25) is 0 Å². The second-order valence-corrected chi connectivity index (χ2v) is 4.32. The number of hydrogen-bond acceptors (Lipinski definition) is 3. The van der Waals surface area contributed by atoms with Crippen LogP contribution in [0.5, 0.6) is 0 Å². The van der Waals surface area contributed by atoms with Gasteiger partial charge in [0, 0.05) is 7.11 Å². The number of nitrogens with one attached hydrogen (secondary N) is 1. The number of methoxy groups -OCH3 is 1. The molecule has 1 N–H and O–H groups in total. The van der Waals surface area contributed by atoms with Crippen LogP contribution in [0.4, 0.5) is 0 Å². The molecule has 1 heterocycles. The molecule has 1 unspecified atom stereocenters. The molecule has 17 heavy (non-hydrogen) atoms. The summed E-state index contributed by atoms with van der Waals surface area (Å²) in [5.74, 6) is 0. The van der Waals surface area contributed by atoms with Crippen LogP contribution in [0.25, 0.3) is 11.0 Å². The van der Waals surface area contributed by atoms with Crippen LogP contribution in [0.1, 0.15) is 12.5 Å². The molecule has 1 aromatic heterocycles. The number of ether oxygens (including phenoxy) is 1. The van der Waals surface area contributed by atoms with Crippen LogP contribution in [0, 0.1) is 16.1 Å². The minimum absolute atomic E-state index is 0.0754. The number of H-pyrrole nitrogens is 1. The largest absolute Gasteiger partial charge is 0.380 e. The third-order valence-electron chi connectivity index (χ3n) is 2.75. The van der Waals surface area contributed by atoms with Gasteiger partial charge < -0.3 is 14.3 Å². The molecule has 0 bridgehead atoms. The first kappa shape index (κ1) is 11.8. The average Bonchev–Trinajstić information content (AvgIpc) is 2.65. The van der Waals surface area contributed by atoms with E-state index in [9.17, 15) is 0 Å². The van der Waals surface area contributed by atoms with Crippen LogP contribution < -0.4 is 0 Å². The average molecular weight is 247 g/mol. The Morgan fingerprint density at radius 1 is 1.59 bits per heavy atom. The number of aromatic amines is 1. The van der Waals surface area contributed by atoms with Gasteiger partial charge in [-0.1, -0.05) is 0 Å². The van der Waals surface area contributed by atoms with Crippen molar-refractivity contribution in [3.8, 4) is 6.07 Å². The van der Waals surface area contributed by atoms with Gasteiger partial charge in [-0.25, -0.2) is 0 Å². The highest BCUT2D eigenvalue weighted by atomic mass is 32.1. The van der Waals surface area contributed by atoms with E-state index in [-0.39, 0.29) is 6.10 Å². The third kappa shape index (κ3) is 2.23. The third-order valence-corrected chi connectivity index (χ3v) is 3.07. The van der Waals surface area contributed by atoms with Crippen LogP contribution in [0.15, 0.2) is 18.2 Å². The molecule has 1 atom stereocenters. The second kappa shape index (κ2) is 4.70. The van der Waals surface area contributed by atoms with Crippen molar-refractivity contribution in [1.29, 1.82) is 5.26 Å². The predicted octanol–water partition coefficient (Wildman–Crippen LogP) is 2.61. The summed E-state index contributed by atoms with van der Waals surface area (Å²) in [6.45, 7) is 2.65. The highest BCUT2D eigenvalue weighted by Crippen LogP contribution is 2.16. The molecule has 5 heteroatoms. The Hall–Kier alpha value is -1.64. The van der Waals surface area contributed by atoms with E-state index >= 15 is 0 Å². The van der Waals surface area contributed by atoms with Gasteiger partial charge in [0.1, 0.15) is 0 Å². The SMILES string of the molecule is COC(C)Cn1c(=S)[nH]c2ccc(C#N)cc21. The Balaban J connectivity index is 2.57. The first-order chi connectivity index (χ1) is 8.15. The molecule has 2 rings (SSSR count). The Kier molecular flexibility index (Phi) is 3.27. The van der Waals surface area contributed by atoms with Crippen molar-refractivity contribution in [3.05, 3.63) is 28.5 Å². The molecule has 0 saturated carbocycles. The normalized spacial score (nSPS) is 12.5. The number of aromatic nitrogens is 2. The summed E-state index contributed by atoms with van der Waals surface area (Å²) in [5, 5.41) is 8.90. The van der Waals surface area contributed by atoms with Gasteiger partial charge in [0.2, 0.25) is 0 Å². The van der Waals surface area contributed by atoms with Crippen LogP contribution in [0.2, 0.25) is 0 Å². The molecule has 4 nitrogen and oxygen atoms in total. The monoisotopic (exact) mass is 247 g/mol. The Bertz CT molecular complexity index is 635. The quantitative estimate of drug-likeness (QED) is 0.848. The summed E-state index contributed by atoms with van der Waals surface area (Å²) in [6.07, 6.45) is 0.0754. The molecule has 0 fully saturated rings. The molecule has 2 aromatic rings. The molecule has 88 valence electrons. The van der Waals surface area contributed by atoms with E-state index < -0.39 is 0 Å². The molecule has 0 saturated heterocycles. The lowest BCUT2D eigenvalue weighted by atomic mass is 10.2. The molecule has 0 spiro atoms. The maximum Gasteiger partial charge on any atom is 0.178 e. The molecular weight excluding hydrogens is 234 g/mol. The van der Waals surface area contributed by atoms with Gasteiger partial charge in [-0.05, 0) is 37.3 Å². The highest BCUT2D eigenvalue weighted by molar-refractivity contribution is 7.71. The standard InChI is InChI=1S/C12H13N3OS/c1-8(16-2)7-15-11-5-9(6-13)3-4-10(11)14-12(15)17/h3-5,8H,7H2,1-2H3,(H,14,17). The van der Waals surface area contributed by atoms with Gasteiger partial charge in [0.05, 0.1) is 35.3 Å². The van der Waals surface area contributed by atoms with Crippen LogP contribution in [-0.4, -0.2) is 22.8 Å². The Morgan fingerprint density at radius 2 is 2.35 bits per heavy atom. The van der Waals surface area contributed by atoms with E-state index in [0.29, 0.717) is 16.9 Å². The Labute approximate surface area is 104 Å². The predicted molar refractivity (Wildman–Crippen MR) is 68.3 cm³/mol. The fraction of sp³-hybridized carbons (Fsp3) is 0.333. The van der Waals surface area contributed by atoms with Gasteiger partial charge in [0.25, 0.3) is 0 Å². The minimum atomic E-state index is 0.0754. The van der Waals surface area contributed by atoms with Crippen molar-refractivity contribution in [3.63, 3.8) is 0 Å². The number of benzene rings is 1. The number of hydrogen-bond donors (Lipinski definition) is 1. The first-order valence-corrected chi connectivity index (χ1v) is 5.72. The van der Waals surface area contributed by atoms with E-state index in [1.54, 1.807) is 13.2 Å². The summed E-state index contributed by atoms with van der Waals surface area (Å²) in [7, 11) is 1.67. The van der Waals surface area contributed by atoms with Crippen molar-refractivity contribution >= 4 is 23.3 Å². The lowest BCUT2D eigenvalue weighted by Crippen LogP contribution is -2.14. The molecule has 0 aliphatic carbocycles. The molecule has 0 radical (unpaired) electrons. The summed E-state index contributed by atoms with van der Waals surface area (Å²) in [5.41, 5.74) is 2.51. The summed E-state index contributed by atoms with van der Waals surface area (Å²) in [4.78, 5) is 3.12. The highest BCUT2D eigenvalue weighted by Gasteiger charge is 2.08. The van der Waals surface area contributed by atoms with Gasteiger partial charge in [0.15, 0.2) is 4.77 Å². The van der Waals surface area contributed by atoms with Crippen LogP contribution in [0.3, 0.4) is 0 Å². The van der Waals surface area contributed by atoms with Gasteiger partial charge >= 0.3 is 0 Å². The lowest BCUT2D eigenvalue weighted by Gasteiger charge is -2.10. The number of nitriles is 1. The number of nitrogens with zero attached hydrogens (tertiary/aromatic N) is 2. The zero-order valence-electron chi connectivity index (χ0n) is 9.73. The number of fused-ring (bicyclic) bond motifs is 1. The van der Waals surface area contributed by atoms with Crippen molar-refractivity contribution in [1.82, 2.24) is 9.55 Å². The van der Waals surface area contributed by atoms with Crippen LogP contribution >= 0.6 is 12.2 Å². The van der Waals surface area contributed by atoms with Crippen molar-refractivity contribution in [2.45, 2.75) is 19.6 Å². The lowest BCUT2D eigenvalue weighted by molar-refractivity contribution is 0.104. The molecule has 0 aliphatic heterocycles. The van der Waals surface area contributed by atoms with E-state index in [1.165, 1.54) is 0 Å². The molecular formula is C12H13N3OS. The zero-order chi connectivity index (χ0) is 12.4. The van der Waals surface area contributed by atoms with E-state index in [2.05, 4.69) is 11.1 Å². The zero-order valence-corrected chi connectivity index (χ0v) is 10.5. The minimum Gasteiger partial charge on any atom is -0.380 e. The number of rotatable bonds is 3. The fourth-order valence-electron chi connectivity index (χ4n) is 1.74. The van der Waals surface area contributed by atoms with E-state index in [1.807, 2.05) is 23.6 Å². The summed E-state index contributed by atoms with van der Waals surface area (Å²) < 4.78 is 7.85.